The maximum atomic E-state index is 13.7. The number of aromatic nitrogens is 4. The molecule has 8 nitrogen and oxygen atoms in total. The molecule has 13 heteroatoms. The molecule has 0 bridgehead atoms. The van der Waals surface area contributed by atoms with Gasteiger partial charge >= 0.3 is 6.18 Å². The fourth-order valence-electron chi connectivity index (χ4n) is 4.13. The predicted octanol–water partition coefficient (Wildman–Crippen LogP) is 4.88. The molecule has 1 fully saturated rings. The third-order valence-electron chi connectivity index (χ3n) is 5.95. The summed E-state index contributed by atoms with van der Waals surface area (Å²) >= 11 is 5.96. The zero-order chi connectivity index (χ0) is 26.3. The smallest absolute Gasteiger partial charge is 0.419 e. The van der Waals surface area contributed by atoms with Crippen LogP contribution in [0.4, 0.5) is 29.2 Å². The van der Waals surface area contributed by atoms with Gasteiger partial charge in [0, 0.05) is 56.1 Å². The Morgan fingerprint density at radius 1 is 0.865 bits per heavy atom. The minimum absolute atomic E-state index is 0.0561. The molecule has 0 unspecified atom stereocenters. The highest BCUT2D eigenvalue weighted by molar-refractivity contribution is 6.31. The van der Waals surface area contributed by atoms with E-state index < -0.39 is 17.6 Å². The molecule has 37 heavy (non-hydrogen) atoms. The number of hydrogen-bond donors (Lipinski definition) is 2. The third-order valence-corrected chi connectivity index (χ3v) is 6.24. The van der Waals surface area contributed by atoms with Crippen molar-refractivity contribution >= 4 is 23.2 Å². The van der Waals surface area contributed by atoms with Crippen LogP contribution in [0.2, 0.25) is 5.02 Å². The highest BCUT2D eigenvalue weighted by atomic mass is 35.5. The topological polar surface area (TPSA) is 90.5 Å². The van der Waals surface area contributed by atoms with E-state index >= 15 is 0 Å². The normalized spacial score (nSPS) is 14.3. The number of piperazine rings is 1. The Bertz CT molecular complexity index is 1430. The molecular weight excluding hydrogens is 516 g/mol. The standard InChI is InChI=1S/C24H19ClF4N6O2/c25-16-12-14(3-4-17(16)26)18-13-19(32-23(31-18)35-20(36)5-6-21(35)37)33-8-10-34(11-9-33)22-15(24(27,28)29)2-1-7-30-22/h1-7,12-13,36-37H,8-11H2. The van der Waals surface area contributed by atoms with E-state index in [1.165, 1.54) is 42.6 Å². The molecule has 1 saturated heterocycles. The van der Waals surface area contributed by atoms with Crippen molar-refractivity contribution in [2.75, 3.05) is 36.0 Å². The van der Waals surface area contributed by atoms with Crippen molar-refractivity contribution in [2.24, 2.45) is 0 Å². The van der Waals surface area contributed by atoms with Crippen molar-refractivity contribution in [1.29, 1.82) is 0 Å². The van der Waals surface area contributed by atoms with Crippen molar-refractivity contribution < 1.29 is 27.8 Å². The number of alkyl halides is 3. The van der Waals surface area contributed by atoms with Gasteiger partial charge in [0.15, 0.2) is 0 Å². The van der Waals surface area contributed by atoms with Crippen LogP contribution in [0.1, 0.15) is 5.56 Å². The Hall–Kier alpha value is -4.06. The van der Waals surface area contributed by atoms with Gasteiger partial charge < -0.3 is 20.0 Å². The average molecular weight is 535 g/mol. The highest BCUT2D eigenvalue weighted by Gasteiger charge is 2.36. The van der Waals surface area contributed by atoms with Gasteiger partial charge in [-0.05, 0) is 30.3 Å². The largest absolute Gasteiger partial charge is 0.494 e. The van der Waals surface area contributed by atoms with Crippen molar-refractivity contribution in [1.82, 2.24) is 19.5 Å². The van der Waals surface area contributed by atoms with E-state index in [-0.39, 0.29) is 41.6 Å². The van der Waals surface area contributed by atoms with Gasteiger partial charge in [0.25, 0.3) is 0 Å². The quantitative estimate of drug-likeness (QED) is 0.361. The molecule has 0 amide bonds. The molecule has 1 aliphatic heterocycles. The van der Waals surface area contributed by atoms with Gasteiger partial charge in [-0.25, -0.2) is 18.9 Å². The first-order valence-electron chi connectivity index (χ1n) is 11.1. The fraction of sp³-hybridized carbons (Fsp3) is 0.208. The van der Waals surface area contributed by atoms with Crippen LogP contribution in [0.3, 0.4) is 0 Å². The lowest BCUT2D eigenvalue weighted by molar-refractivity contribution is -0.137. The van der Waals surface area contributed by atoms with Gasteiger partial charge in [-0.3, -0.25) is 0 Å². The number of aromatic hydroxyl groups is 2. The van der Waals surface area contributed by atoms with Gasteiger partial charge in [0.1, 0.15) is 17.5 Å². The van der Waals surface area contributed by atoms with E-state index in [0.29, 0.717) is 30.2 Å². The van der Waals surface area contributed by atoms with Crippen LogP contribution in [-0.2, 0) is 6.18 Å². The highest BCUT2D eigenvalue weighted by Crippen LogP contribution is 2.36. The van der Waals surface area contributed by atoms with Crippen LogP contribution in [0, 0.1) is 5.82 Å². The first-order valence-corrected chi connectivity index (χ1v) is 11.5. The molecule has 1 aromatic carbocycles. The Labute approximate surface area is 213 Å². The number of anilines is 2. The number of hydrogen-bond acceptors (Lipinski definition) is 7. The summed E-state index contributed by atoms with van der Waals surface area (Å²) in [7, 11) is 0. The van der Waals surface area contributed by atoms with E-state index in [9.17, 15) is 27.8 Å². The van der Waals surface area contributed by atoms with Gasteiger partial charge in [-0.15, -0.1) is 0 Å². The molecule has 5 rings (SSSR count). The summed E-state index contributed by atoms with van der Waals surface area (Å²) in [4.78, 5) is 16.3. The Balaban J connectivity index is 1.49. The summed E-state index contributed by atoms with van der Waals surface area (Å²) < 4.78 is 55.2. The maximum Gasteiger partial charge on any atom is 0.419 e. The van der Waals surface area contributed by atoms with E-state index in [2.05, 4.69) is 15.0 Å². The summed E-state index contributed by atoms with van der Waals surface area (Å²) in [6.45, 7) is 1.07. The minimum Gasteiger partial charge on any atom is -0.494 e. The monoisotopic (exact) mass is 534 g/mol. The molecule has 1 aliphatic rings. The summed E-state index contributed by atoms with van der Waals surface area (Å²) in [5.41, 5.74) is -0.00732. The number of halogens is 5. The summed E-state index contributed by atoms with van der Waals surface area (Å²) in [6.07, 6.45) is -3.21. The molecule has 0 atom stereocenters. The molecule has 0 spiro atoms. The molecule has 4 heterocycles. The first-order chi connectivity index (χ1) is 17.6. The van der Waals surface area contributed by atoms with Crippen molar-refractivity contribution in [3.05, 3.63) is 71.1 Å². The molecule has 0 radical (unpaired) electrons. The number of rotatable bonds is 4. The molecule has 4 aromatic rings. The Kier molecular flexibility index (Phi) is 6.28. The average Bonchev–Trinajstić information content (AvgIpc) is 3.22. The molecule has 3 aromatic heterocycles. The fourth-order valence-corrected chi connectivity index (χ4v) is 4.31. The van der Waals surface area contributed by atoms with Crippen LogP contribution < -0.4 is 9.80 Å². The third kappa shape index (κ3) is 4.84. The zero-order valence-electron chi connectivity index (χ0n) is 19.0. The maximum absolute atomic E-state index is 13.7. The van der Waals surface area contributed by atoms with Gasteiger partial charge in [0.2, 0.25) is 17.7 Å². The molecule has 2 N–H and O–H groups in total. The van der Waals surface area contributed by atoms with Gasteiger partial charge in [0.05, 0.1) is 16.3 Å². The second kappa shape index (κ2) is 9.43. The Morgan fingerprint density at radius 3 is 2.19 bits per heavy atom. The summed E-state index contributed by atoms with van der Waals surface area (Å²) in [5.74, 6) is -1.02. The van der Waals surface area contributed by atoms with Crippen LogP contribution in [-0.4, -0.2) is 55.9 Å². The van der Waals surface area contributed by atoms with Gasteiger partial charge in [-0.1, -0.05) is 11.6 Å². The lowest BCUT2D eigenvalue weighted by Crippen LogP contribution is -2.47. The van der Waals surface area contributed by atoms with Crippen LogP contribution >= 0.6 is 11.6 Å². The summed E-state index contributed by atoms with van der Waals surface area (Å²) in [6, 6.07) is 10.5. The van der Waals surface area contributed by atoms with Crippen LogP contribution in [0.15, 0.2) is 54.7 Å². The Morgan fingerprint density at radius 2 is 1.54 bits per heavy atom. The predicted molar refractivity (Wildman–Crippen MR) is 129 cm³/mol. The van der Waals surface area contributed by atoms with E-state index in [1.54, 1.807) is 11.0 Å². The SMILES string of the molecule is Oc1ccc(O)n1-c1nc(-c2ccc(F)c(Cl)c2)cc(N2CCN(c3ncccc3C(F)(F)F)CC2)n1. The van der Waals surface area contributed by atoms with Crippen molar-refractivity contribution in [2.45, 2.75) is 6.18 Å². The second-order valence-corrected chi connectivity index (χ2v) is 8.68. The zero-order valence-corrected chi connectivity index (χ0v) is 19.7. The number of benzene rings is 1. The number of pyridine rings is 1. The molecular formula is C24H19ClF4N6O2. The first kappa shape index (κ1) is 24.6. The lowest BCUT2D eigenvalue weighted by atomic mass is 10.1. The van der Waals surface area contributed by atoms with E-state index in [4.69, 9.17) is 11.6 Å². The lowest BCUT2D eigenvalue weighted by Gasteiger charge is -2.37. The molecule has 192 valence electrons. The second-order valence-electron chi connectivity index (χ2n) is 8.27. The van der Waals surface area contributed by atoms with E-state index in [0.717, 1.165) is 10.6 Å². The van der Waals surface area contributed by atoms with Gasteiger partial charge in [-0.2, -0.15) is 18.2 Å². The molecule has 0 aliphatic carbocycles. The number of nitrogens with zero attached hydrogens (tertiary/aromatic N) is 6. The summed E-state index contributed by atoms with van der Waals surface area (Å²) in [5, 5.41) is 20.3. The van der Waals surface area contributed by atoms with Crippen LogP contribution in [0.5, 0.6) is 11.8 Å². The van der Waals surface area contributed by atoms with E-state index in [1.807, 2.05) is 4.90 Å². The van der Waals surface area contributed by atoms with Crippen molar-refractivity contribution in [3.8, 4) is 29.0 Å². The minimum atomic E-state index is -4.53. The van der Waals surface area contributed by atoms with Crippen molar-refractivity contribution in [3.63, 3.8) is 0 Å². The molecule has 0 saturated carbocycles. The van der Waals surface area contributed by atoms with Crippen LogP contribution in [0.25, 0.3) is 17.2 Å².